The van der Waals surface area contributed by atoms with E-state index in [0.717, 1.165) is 48.4 Å². The number of aromatic nitrogens is 2. The van der Waals surface area contributed by atoms with E-state index in [1.165, 1.54) is 6.42 Å². The van der Waals surface area contributed by atoms with Crippen LogP contribution in [0.3, 0.4) is 0 Å². The highest BCUT2D eigenvalue weighted by atomic mass is 16.2. The molecule has 1 aromatic heterocycles. The van der Waals surface area contributed by atoms with Crippen LogP contribution in [0.2, 0.25) is 0 Å². The minimum atomic E-state index is 0.180. The SMILES string of the molecule is O=C(Cn1cnc(-c2ccccc2)c1-c1ccccc1)N1CCCCC1. The van der Waals surface area contributed by atoms with Crippen molar-refractivity contribution in [3.8, 4) is 22.5 Å². The molecule has 4 heteroatoms. The first kappa shape index (κ1) is 16.6. The first-order valence-electron chi connectivity index (χ1n) is 9.26. The summed E-state index contributed by atoms with van der Waals surface area (Å²) in [6.07, 6.45) is 5.24. The normalized spacial score (nSPS) is 14.4. The first-order chi connectivity index (χ1) is 12.8. The van der Waals surface area contributed by atoms with Gasteiger partial charge in [0, 0.05) is 24.2 Å². The van der Waals surface area contributed by atoms with Crippen molar-refractivity contribution >= 4 is 5.91 Å². The number of imidazole rings is 1. The number of rotatable bonds is 4. The van der Waals surface area contributed by atoms with Crippen molar-refractivity contribution in [2.75, 3.05) is 13.1 Å². The van der Waals surface area contributed by atoms with Crippen LogP contribution in [0, 0.1) is 0 Å². The fraction of sp³-hybridized carbons (Fsp3) is 0.273. The molecule has 0 N–H and O–H groups in total. The van der Waals surface area contributed by atoms with Crippen molar-refractivity contribution in [1.82, 2.24) is 14.5 Å². The van der Waals surface area contributed by atoms with Crippen LogP contribution >= 0.6 is 0 Å². The number of carbonyl (C=O) groups excluding carboxylic acids is 1. The first-order valence-corrected chi connectivity index (χ1v) is 9.26. The van der Waals surface area contributed by atoms with Gasteiger partial charge in [-0.1, -0.05) is 60.7 Å². The zero-order valence-electron chi connectivity index (χ0n) is 14.8. The third-order valence-corrected chi connectivity index (χ3v) is 4.95. The van der Waals surface area contributed by atoms with Crippen molar-refractivity contribution in [2.24, 2.45) is 0 Å². The number of hydrogen-bond acceptors (Lipinski definition) is 2. The van der Waals surface area contributed by atoms with Crippen molar-refractivity contribution < 1.29 is 4.79 Å². The number of likely N-dealkylation sites (tertiary alicyclic amines) is 1. The second kappa shape index (κ2) is 7.56. The average molecular weight is 345 g/mol. The fourth-order valence-corrected chi connectivity index (χ4v) is 3.60. The average Bonchev–Trinajstić information content (AvgIpc) is 3.13. The summed E-state index contributed by atoms with van der Waals surface area (Å²) in [5.74, 6) is 0.180. The van der Waals surface area contributed by atoms with E-state index in [9.17, 15) is 4.79 Å². The molecule has 4 rings (SSSR count). The lowest BCUT2D eigenvalue weighted by Gasteiger charge is -2.27. The Morgan fingerprint density at radius 3 is 2.12 bits per heavy atom. The molecular weight excluding hydrogens is 322 g/mol. The third kappa shape index (κ3) is 3.40. The monoisotopic (exact) mass is 345 g/mol. The zero-order chi connectivity index (χ0) is 17.8. The molecule has 2 heterocycles. The maximum absolute atomic E-state index is 12.8. The largest absolute Gasteiger partial charge is 0.341 e. The Bertz CT molecular complexity index is 865. The highest BCUT2D eigenvalue weighted by molar-refractivity contribution is 5.81. The van der Waals surface area contributed by atoms with Crippen LogP contribution in [-0.2, 0) is 11.3 Å². The van der Waals surface area contributed by atoms with Gasteiger partial charge in [0.1, 0.15) is 6.54 Å². The molecule has 1 fully saturated rings. The summed E-state index contributed by atoms with van der Waals surface area (Å²) in [6, 6.07) is 20.4. The maximum atomic E-state index is 12.8. The lowest BCUT2D eigenvalue weighted by Crippen LogP contribution is -2.37. The van der Waals surface area contributed by atoms with Gasteiger partial charge in [-0.15, -0.1) is 0 Å². The Morgan fingerprint density at radius 1 is 0.846 bits per heavy atom. The van der Waals surface area contributed by atoms with Gasteiger partial charge in [0.2, 0.25) is 5.91 Å². The molecule has 0 atom stereocenters. The number of nitrogens with zero attached hydrogens (tertiary/aromatic N) is 3. The molecule has 3 aromatic rings. The van der Waals surface area contributed by atoms with Crippen molar-refractivity contribution in [3.05, 3.63) is 67.0 Å². The van der Waals surface area contributed by atoms with E-state index in [1.54, 1.807) is 6.33 Å². The van der Waals surface area contributed by atoms with Gasteiger partial charge in [0.15, 0.2) is 0 Å². The summed E-state index contributed by atoms with van der Waals surface area (Å²) in [7, 11) is 0. The van der Waals surface area contributed by atoms with Crippen LogP contribution in [0.5, 0.6) is 0 Å². The van der Waals surface area contributed by atoms with E-state index >= 15 is 0 Å². The molecule has 1 aliphatic heterocycles. The number of carbonyl (C=O) groups is 1. The lowest BCUT2D eigenvalue weighted by atomic mass is 10.0. The summed E-state index contributed by atoms with van der Waals surface area (Å²) in [4.78, 5) is 19.4. The van der Waals surface area contributed by atoms with Gasteiger partial charge in [-0.25, -0.2) is 4.98 Å². The smallest absolute Gasteiger partial charge is 0.242 e. The van der Waals surface area contributed by atoms with E-state index in [1.807, 2.05) is 45.9 Å². The molecule has 1 saturated heterocycles. The molecule has 4 nitrogen and oxygen atoms in total. The summed E-state index contributed by atoms with van der Waals surface area (Å²) < 4.78 is 1.99. The lowest BCUT2D eigenvalue weighted by molar-refractivity contribution is -0.132. The molecule has 0 saturated carbocycles. The molecule has 26 heavy (non-hydrogen) atoms. The molecule has 1 aliphatic rings. The molecule has 0 aliphatic carbocycles. The second-order valence-corrected chi connectivity index (χ2v) is 6.74. The Labute approximate surface area is 154 Å². The zero-order valence-corrected chi connectivity index (χ0v) is 14.8. The predicted octanol–water partition coefficient (Wildman–Crippen LogP) is 4.23. The second-order valence-electron chi connectivity index (χ2n) is 6.74. The predicted molar refractivity (Wildman–Crippen MR) is 104 cm³/mol. The van der Waals surface area contributed by atoms with Gasteiger partial charge >= 0.3 is 0 Å². The summed E-state index contributed by atoms with van der Waals surface area (Å²) in [5, 5.41) is 0. The Balaban J connectivity index is 1.70. The van der Waals surface area contributed by atoms with Gasteiger partial charge in [-0.2, -0.15) is 0 Å². The molecule has 0 spiro atoms. The Morgan fingerprint density at radius 2 is 1.46 bits per heavy atom. The topological polar surface area (TPSA) is 38.1 Å². The Hall–Kier alpha value is -2.88. The highest BCUT2D eigenvalue weighted by Gasteiger charge is 2.20. The van der Waals surface area contributed by atoms with Crippen LogP contribution in [0.25, 0.3) is 22.5 Å². The summed E-state index contributed by atoms with van der Waals surface area (Å²) in [6.45, 7) is 2.09. The molecule has 2 aromatic carbocycles. The quantitative estimate of drug-likeness (QED) is 0.710. The molecule has 1 amide bonds. The minimum absolute atomic E-state index is 0.180. The summed E-state index contributed by atoms with van der Waals surface area (Å²) >= 11 is 0. The van der Waals surface area contributed by atoms with Crippen molar-refractivity contribution in [3.63, 3.8) is 0 Å². The summed E-state index contributed by atoms with van der Waals surface area (Å²) in [5.41, 5.74) is 4.07. The van der Waals surface area contributed by atoms with E-state index in [0.29, 0.717) is 6.54 Å². The van der Waals surface area contributed by atoms with E-state index in [-0.39, 0.29) is 5.91 Å². The Kier molecular flexibility index (Phi) is 4.82. The third-order valence-electron chi connectivity index (χ3n) is 4.95. The van der Waals surface area contributed by atoms with Crippen LogP contribution in [0.4, 0.5) is 0 Å². The van der Waals surface area contributed by atoms with Crippen LogP contribution < -0.4 is 0 Å². The van der Waals surface area contributed by atoms with Crippen molar-refractivity contribution in [2.45, 2.75) is 25.8 Å². The maximum Gasteiger partial charge on any atom is 0.242 e. The highest BCUT2D eigenvalue weighted by Crippen LogP contribution is 2.31. The van der Waals surface area contributed by atoms with Gasteiger partial charge in [-0.05, 0) is 19.3 Å². The van der Waals surface area contributed by atoms with Gasteiger partial charge in [0.05, 0.1) is 17.7 Å². The fourth-order valence-electron chi connectivity index (χ4n) is 3.60. The number of benzene rings is 2. The van der Waals surface area contributed by atoms with Gasteiger partial charge < -0.3 is 9.47 Å². The molecule has 0 radical (unpaired) electrons. The molecule has 0 unspecified atom stereocenters. The van der Waals surface area contributed by atoms with Crippen LogP contribution in [0.1, 0.15) is 19.3 Å². The van der Waals surface area contributed by atoms with Crippen molar-refractivity contribution in [1.29, 1.82) is 0 Å². The molecule has 132 valence electrons. The van der Waals surface area contributed by atoms with Gasteiger partial charge in [0.25, 0.3) is 0 Å². The minimum Gasteiger partial charge on any atom is -0.341 e. The van der Waals surface area contributed by atoms with E-state index < -0.39 is 0 Å². The molecule has 0 bridgehead atoms. The number of amides is 1. The van der Waals surface area contributed by atoms with E-state index in [4.69, 9.17) is 0 Å². The van der Waals surface area contributed by atoms with E-state index in [2.05, 4.69) is 29.2 Å². The van der Waals surface area contributed by atoms with Crippen LogP contribution in [0.15, 0.2) is 67.0 Å². The number of piperidine rings is 1. The van der Waals surface area contributed by atoms with Gasteiger partial charge in [-0.3, -0.25) is 4.79 Å². The number of hydrogen-bond donors (Lipinski definition) is 0. The standard InChI is InChI=1S/C22H23N3O/c26-20(24-14-8-3-9-15-24)16-25-17-23-21(18-10-4-1-5-11-18)22(25)19-12-6-2-7-13-19/h1-2,4-7,10-13,17H,3,8-9,14-16H2. The molecular formula is C22H23N3O. The van der Waals surface area contributed by atoms with Crippen LogP contribution in [-0.4, -0.2) is 33.4 Å².